The molecular formula is C22H30ClN5OS. The van der Waals surface area contributed by atoms with Gasteiger partial charge in [0.15, 0.2) is 0 Å². The second-order valence-electron chi connectivity index (χ2n) is 8.18. The van der Waals surface area contributed by atoms with E-state index in [9.17, 15) is 4.21 Å². The summed E-state index contributed by atoms with van der Waals surface area (Å²) in [7, 11) is 4.30. The largest absolute Gasteiger partial charge is 0.306 e. The fourth-order valence-corrected chi connectivity index (χ4v) is 3.60. The van der Waals surface area contributed by atoms with Crippen LogP contribution in [-0.2, 0) is 16.4 Å². The number of rotatable bonds is 8. The summed E-state index contributed by atoms with van der Waals surface area (Å²) in [6.45, 7) is 7.23. The predicted octanol–water partition coefficient (Wildman–Crippen LogP) is 5.65. The molecule has 0 radical (unpaired) electrons. The second-order valence-corrected chi connectivity index (χ2v) is 9.83. The molecule has 2 rings (SSSR count). The van der Waals surface area contributed by atoms with Crippen LogP contribution in [0.1, 0.15) is 26.3 Å². The van der Waals surface area contributed by atoms with E-state index in [0.29, 0.717) is 21.3 Å². The molecule has 0 saturated heterocycles. The quantitative estimate of drug-likeness (QED) is 0.420. The molecule has 162 valence electrons. The molecule has 6 nitrogen and oxygen atoms in total. The lowest BCUT2D eigenvalue weighted by molar-refractivity contribution is 0.456. The maximum absolute atomic E-state index is 12.9. The Balaban J connectivity index is 2.17. The van der Waals surface area contributed by atoms with Crippen molar-refractivity contribution in [1.82, 2.24) is 4.90 Å². The average molecular weight is 448 g/mol. The van der Waals surface area contributed by atoms with Crippen molar-refractivity contribution in [3.05, 3.63) is 65.3 Å². The van der Waals surface area contributed by atoms with Crippen LogP contribution in [-0.4, -0.2) is 36.8 Å². The van der Waals surface area contributed by atoms with Gasteiger partial charge in [-0.3, -0.25) is 4.72 Å². The lowest BCUT2D eigenvalue weighted by atomic mass is 9.87. The summed E-state index contributed by atoms with van der Waals surface area (Å²) in [6, 6.07) is 13.1. The number of benzene rings is 2. The minimum absolute atomic E-state index is 0.0471. The Morgan fingerprint density at radius 2 is 1.77 bits per heavy atom. The molecule has 0 aliphatic carbocycles. The maximum Gasteiger partial charge on any atom is 0.150 e. The van der Waals surface area contributed by atoms with Gasteiger partial charge in [-0.1, -0.05) is 55.8 Å². The van der Waals surface area contributed by atoms with E-state index in [1.54, 1.807) is 36.5 Å². The van der Waals surface area contributed by atoms with E-state index >= 15 is 0 Å². The smallest absolute Gasteiger partial charge is 0.150 e. The van der Waals surface area contributed by atoms with E-state index in [1.807, 2.05) is 49.3 Å². The minimum Gasteiger partial charge on any atom is -0.306 e. The molecular weight excluding hydrogens is 418 g/mol. The molecule has 2 aromatic carbocycles. The zero-order valence-electron chi connectivity index (χ0n) is 18.4. The molecule has 0 amide bonds. The summed E-state index contributed by atoms with van der Waals surface area (Å²) in [6.07, 6.45) is 3.55. The van der Waals surface area contributed by atoms with E-state index in [4.69, 9.17) is 11.6 Å². The van der Waals surface area contributed by atoms with Crippen LogP contribution >= 0.6 is 11.6 Å². The molecule has 1 N–H and O–H groups in total. The third-order valence-electron chi connectivity index (χ3n) is 4.27. The van der Waals surface area contributed by atoms with E-state index < -0.39 is 11.0 Å². The van der Waals surface area contributed by atoms with Crippen molar-refractivity contribution in [2.75, 3.05) is 37.4 Å². The van der Waals surface area contributed by atoms with Gasteiger partial charge in [0.1, 0.15) is 11.0 Å². The normalized spacial score (nSPS) is 13.3. The Bertz CT molecular complexity index is 920. The Hall–Kier alpha value is -2.22. The number of nitrogens with zero attached hydrogens (tertiary/aromatic N) is 4. The van der Waals surface area contributed by atoms with E-state index in [-0.39, 0.29) is 5.41 Å². The van der Waals surface area contributed by atoms with Crippen LogP contribution in [0.2, 0.25) is 5.02 Å². The minimum atomic E-state index is -1.43. The molecule has 0 aromatic heterocycles. The zero-order valence-corrected chi connectivity index (χ0v) is 20.0. The Labute approximate surface area is 187 Å². The Morgan fingerprint density at radius 3 is 2.37 bits per heavy atom. The second kappa shape index (κ2) is 10.7. The molecule has 8 heteroatoms. The summed E-state index contributed by atoms with van der Waals surface area (Å²) < 4.78 is 15.9. The van der Waals surface area contributed by atoms with Gasteiger partial charge in [-0.15, -0.1) is 5.11 Å². The first-order valence-corrected chi connectivity index (χ1v) is 11.1. The highest BCUT2D eigenvalue weighted by Gasteiger charge is 2.15. The molecule has 0 fully saturated rings. The zero-order chi connectivity index (χ0) is 22.3. The molecule has 0 aliphatic rings. The van der Waals surface area contributed by atoms with Crippen molar-refractivity contribution in [2.45, 2.75) is 31.1 Å². The van der Waals surface area contributed by atoms with Gasteiger partial charge in [0.05, 0.1) is 16.3 Å². The first kappa shape index (κ1) is 24.1. The molecule has 0 heterocycles. The van der Waals surface area contributed by atoms with Gasteiger partial charge in [-0.25, -0.2) is 9.22 Å². The van der Waals surface area contributed by atoms with Crippen LogP contribution in [0.5, 0.6) is 0 Å². The SMILES string of the molecule is CN(C)C/C=C/N=NN(C)c1cc(Cl)ccc1NS(=O)c1ccc(C(C)(C)C)cc1. The highest BCUT2D eigenvalue weighted by atomic mass is 35.5. The van der Waals surface area contributed by atoms with Crippen molar-refractivity contribution in [3.63, 3.8) is 0 Å². The maximum atomic E-state index is 12.9. The first-order chi connectivity index (χ1) is 14.1. The number of hydrogen-bond acceptors (Lipinski definition) is 4. The predicted molar refractivity (Wildman–Crippen MR) is 128 cm³/mol. The lowest BCUT2D eigenvalue weighted by Crippen LogP contribution is -2.13. The molecule has 2 aromatic rings. The van der Waals surface area contributed by atoms with Gasteiger partial charge in [0.2, 0.25) is 0 Å². The molecule has 1 atom stereocenters. The van der Waals surface area contributed by atoms with Crippen molar-refractivity contribution in [1.29, 1.82) is 0 Å². The summed E-state index contributed by atoms with van der Waals surface area (Å²) in [5.41, 5.74) is 2.56. The van der Waals surface area contributed by atoms with Gasteiger partial charge < -0.3 is 4.90 Å². The van der Waals surface area contributed by atoms with Gasteiger partial charge in [0, 0.05) is 24.8 Å². The summed E-state index contributed by atoms with van der Waals surface area (Å²) in [5.74, 6) is 0. The molecule has 30 heavy (non-hydrogen) atoms. The number of anilines is 2. The van der Waals surface area contributed by atoms with Crippen molar-refractivity contribution < 1.29 is 4.21 Å². The summed E-state index contributed by atoms with van der Waals surface area (Å²) >= 11 is 6.17. The van der Waals surface area contributed by atoms with Crippen LogP contribution in [0, 0.1) is 0 Å². The highest BCUT2D eigenvalue weighted by Crippen LogP contribution is 2.30. The molecule has 0 saturated carbocycles. The van der Waals surface area contributed by atoms with E-state index in [2.05, 4.69) is 35.8 Å². The summed E-state index contributed by atoms with van der Waals surface area (Å²) in [5, 5.41) is 10.4. The fraction of sp³-hybridized carbons (Fsp3) is 0.364. The van der Waals surface area contributed by atoms with Gasteiger partial charge in [-0.2, -0.15) is 0 Å². The number of nitrogens with one attached hydrogen (secondary N) is 1. The molecule has 1 unspecified atom stereocenters. The fourth-order valence-electron chi connectivity index (χ4n) is 2.56. The van der Waals surface area contributed by atoms with Gasteiger partial charge >= 0.3 is 0 Å². The topological polar surface area (TPSA) is 60.3 Å². The molecule has 0 bridgehead atoms. The lowest BCUT2D eigenvalue weighted by Gasteiger charge is -2.19. The van der Waals surface area contributed by atoms with Crippen LogP contribution in [0.25, 0.3) is 0 Å². The van der Waals surface area contributed by atoms with E-state index in [0.717, 1.165) is 6.54 Å². The number of likely N-dealkylation sites (N-methyl/N-ethyl adjacent to an activating group) is 1. The Kier molecular flexibility index (Phi) is 8.58. The van der Waals surface area contributed by atoms with Crippen LogP contribution in [0.15, 0.2) is 70.0 Å². The average Bonchev–Trinajstić information content (AvgIpc) is 2.68. The summed E-state index contributed by atoms with van der Waals surface area (Å²) in [4.78, 5) is 2.72. The Morgan fingerprint density at radius 1 is 1.10 bits per heavy atom. The monoisotopic (exact) mass is 447 g/mol. The number of hydrogen-bond donors (Lipinski definition) is 1. The highest BCUT2D eigenvalue weighted by molar-refractivity contribution is 7.86. The number of halogens is 1. The van der Waals surface area contributed by atoms with Crippen molar-refractivity contribution in [2.24, 2.45) is 10.3 Å². The van der Waals surface area contributed by atoms with Gasteiger partial charge in [0.25, 0.3) is 0 Å². The van der Waals surface area contributed by atoms with Crippen LogP contribution < -0.4 is 9.73 Å². The third-order valence-corrected chi connectivity index (χ3v) is 5.61. The standard InChI is InChI=1S/C22H30ClN5OS/c1-22(2,3)17-8-11-19(12-9-17)30(29)25-20-13-10-18(23)16-21(20)28(6)26-24-14-7-15-27(4)5/h7-14,16,25H,15H2,1-6H3/b14-7+,26-24?. The van der Waals surface area contributed by atoms with Crippen molar-refractivity contribution >= 4 is 34.0 Å². The van der Waals surface area contributed by atoms with Crippen LogP contribution in [0.4, 0.5) is 11.4 Å². The molecule has 0 aliphatic heterocycles. The van der Waals surface area contributed by atoms with Gasteiger partial charge in [-0.05, 0) is 55.4 Å². The van der Waals surface area contributed by atoms with Crippen LogP contribution in [0.3, 0.4) is 0 Å². The van der Waals surface area contributed by atoms with E-state index in [1.165, 1.54) is 5.56 Å². The first-order valence-electron chi connectivity index (χ1n) is 9.60. The third kappa shape index (κ3) is 7.23. The molecule has 0 spiro atoms. The van der Waals surface area contributed by atoms with Crippen molar-refractivity contribution in [3.8, 4) is 0 Å².